The molecule has 0 N–H and O–H groups in total. The van der Waals surface area contributed by atoms with Gasteiger partial charge in [-0.2, -0.15) is 0 Å². The van der Waals surface area contributed by atoms with Gasteiger partial charge in [0.15, 0.2) is 0 Å². The Morgan fingerprint density at radius 2 is 1.90 bits per heavy atom. The van der Waals surface area contributed by atoms with Crippen LogP contribution in [0.4, 0.5) is 11.4 Å². The summed E-state index contributed by atoms with van der Waals surface area (Å²) in [6.45, 7) is 4.87. The number of anilines is 1. The van der Waals surface area contributed by atoms with Crippen LogP contribution in [0, 0.1) is 17.0 Å². The van der Waals surface area contributed by atoms with Crippen LogP contribution in [0.3, 0.4) is 0 Å². The second kappa shape index (κ2) is 8.41. The van der Waals surface area contributed by atoms with Gasteiger partial charge in [0, 0.05) is 61.4 Å². The van der Waals surface area contributed by atoms with Gasteiger partial charge in [0.05, 0.1) is 16.4 Å². The first-order valence-corrected chi connectivity index (χ1v) is 10.6. The Balaban J connectivity index is 1.50. The average Bonchev–Trinajstić information content (AvgIpc) is 3.10. The number of benzene rings is 2. The average molecular weight is 426 g/mol. The number of rotatable bonds is 5. The van der Waals surface area contributed by atoms with Gasteiger partial charge >= 0.3 is 0 Å². The zero-order valence-electron chi connectivity index (χ0n) is 17.0. The number of nitro groups is 1. The Bertz CT molecular complexity index is 1100. The molecular formula is C22H23N3O4S. The number of ether oxygens (including phenoxy) is 1. The molecule has 0 aliphatic carbocycles. The van der Waals surface area contributed by atoms with Crippen molar-refractivity contribution in [2.24, 2.45) is 0 Å². The number of aryl methyl sites for hydroxylation is 1. The molecule has 8 heteroatoms. The van der Waals surface area contributed by atoms with Crippen molar-refractivity contribution in [3.8, 4) is 0 Å². The van der Waals surface area contributed by atoms with Gasteiger partial charge in [0.1, 0.15) is 0 Å². The molecule has 0 radical (unpaired) electrons. The van der Waals surface area contributed by atoms with Crippen LogP contribution in [0.2, 0.25) is 0 Å². The van der Waals surface area contributed by atoms with Gasteiger partial charge in [0.25, 0.3) is 11.6 Å². The molecule has 1 amide bonds. The minimum absolute atomic E-state index is 0.0554. The maximum Gasteiger partial charge on any atom is 0.269 e. The van der Waals surface area contributed by atoms with E-state index in [4.69, 9.17) is 4.74 Å². The van der Waals surface area contributed by atoms with E-state index in [-0.39, 0.29) is 11.6 Å². The number of nitrogens with zero attached hydrogens (tertiary/aromatic N) is 3. The Hall–Kier alpha value is -2.97. The highest BCUT2D eigenvalue weighted by Crippen LogP contribution is 2.32. The van der Waals surface area contributed by atoms with Crippen molar-refractivity contribution in [3.05, 3.63) is 68.6 Å². The van der Waals surface area contributed by atoms with Crippen LogP contribution in [-0.2, 0) is 11.3 Å². The zero-order valence-corrected chi connectivity index (χ0v) is 17.8. The lowest BCUT2D eigenvalue weighted by Crippen LogP contribution is -2.49. The Morgan fingerprint density at radius 1 is 1.17 bits per heavy atom. The van der Waals surface area contributed by atoms with Crippen molar-refractivity contribution < 1.29 is 14.5 Å². The first-order chi connectivity index (χ1) is 14.5. The molecule has 1 aliphatic rings. The van der Waals surface area contributed by atoms with Crippen LogP contribution in [0.15, 0.2) is 42.5 Å². The summed E-state index contributed by atoms with van der Waals surface area (Å²) in [4.78, 5) is 28.7. The van der Waals surface area contributed by atoms with Gasteiger partial charge in [0.2, 0.25) is 0 Å². The maximum absolute atomic E-state index is 13.1. The van der Waals surface area contributed by atoms with Gasteiger partial charge < -0.3 is 14.5 Å². The Morgan fingerprint density at radius 3 is 2.57 bits per heavy atom. The van der Waals surface area contributed by atoms with Gasteiger partial charge in [-0.05, 0) is 30.0 Å². The van der Waals surface area contributed by atoms with E-state index >= 15 is 0 Å². The normalized spacial score (nSPS) is 14.3. The van der Waals surface area contributed by atoms with Crippen molar-refractivity contribution in [3.63, 3.8) is 0 Å². The predicted molar refractivity (Wildman–Crippen MR) is 118 cm³/mol. The van der Waals surface area contributed by atoms with Crippen LogP contribution >= 0.6 is 11.3 Å². The number of carbonyl (C=O) groups is 1. The van der Waals surface area contributed by atoms with Gasteiger partial charge in [-0.15, -0.1) is 11.3 Å². The van der Waals surface area contributed by atoms with E-state index in [1.54, 1.807) is 30.6 Å². The molecule has 1 saturated heterocycles. The first-order valence-electron chi connectivity index (χ1n) is 9.78. The van der Waals surface area contributed by atoms with E-state index in [1.807, 2.05) is 30.0 Å². The summed E-state index contributed by atoms with van der Waals surface area (Å²) in [7, 11) is 1.58. The number of nitro benzene ring substituents is 1. The number of non-ortho nitro benzene ring substituents is 1. The number of hydrogen-bond acceptors (Lipinski definition) is 6. The topological polar surface area (TPSA) is 75.9 Å². The smallest absolute Gasteiger partial charge is 0.269 e. The first kappa shape index (κ1) is 20.3. The summed E-state index contributed by atoms with van der Waals surface area (Å²) in [6.07, 6.45) is 0. The van der Waals surface area contributed by atoms with E-state index in [9.17, 15) is 14.9 Å². The molecule has 2 aromatic carbocycles. The maximum atomic E-state index is 13.1. The molecule has 1 fully saturated rings. The summed E-state index contributed by atoms with van der Waals surface area (Å²) in [6, 6.07) is 13.0. The van der Waals surface area contributed by atoms with Crippen molar-refractivity contribution >= 4 is 38.7 Å². The van der Waals surface area contributed by atoms with E-state index in [0.717, 1.165) is 31.8 Å². The number of fused-ring (bicyclic) bond motifs is 1. The fourth-order valence-corrected chi connectivity index (χ4v) is 5.11. The Labute approximate surface area is 178 Å². The van der Waals surface area contributed by atoms with Crippen molar-refractivity contribution in [1.82, 2.24) is 4.90 Å². The molecule has 156 valence electrons. The van der Waals surface area contributed by atoms with Crippen LogP contribution in [-0.4, -0.2) is 49.0 Å². The summed E-state index contributed by atoms with van der Waals surface area (Å²) in [5.74, 6) is 0.0779. The molecular weight excluding hydrogens is 402 g/mol. The lowest BCUT2D eigenvalue weighted by molar-refractivity contribution is -0.384. The lowest BCUT2D eigenvalue weighted by Gasteiger charge is -2.37. The summed E-state index contributed by atoms with van der Waals surface area (Å²) in [5.41, 5.74) is 2.81. The number of methoxy groups -OCH3 is 1. The second-order valence-electron chi connectivity index (χ2n) is 7.33. The number of carbonyl (C=O) groups excluding carboxylic acids is 1. The Kier molecular flexibility index (Phi) is 5.69. The number of thiophene rings is 1. The number of amides is 1. The third-order valence-electron chi connectivity index (χ3n) is 5.52. The highest BCUT2D eigenvalue weighted by Gasteiger charge is 2.26. The van der Waals surface area contributed by atoms with E-state index in [0.29, 0.717) is 32.8 Å². The minimum atomic E-state index is -0.396. The standard InChI is InChI=1S/C22H23N3O4S/c1-15-18-5-3-4-6-20(18)30-21(15)22(26)24-11-9-23(10-12-24)19-8-7-17(25(27)28)13-16(19)14-29-2/h3-8,13H,9-12,14H2,1-2H3. The molecule has 3 aromatic rings. The van der Waals surface area contributed by atoms with Gasteiger partial charge in [-0.25, -0.2) is 0 Å². The summed E-state index contributed by atoms with van der Waals surface area (Å²) >= 11 is 1.55. The van der Waals surface area contributed by atoms with Crippen LogP contribution < -0.4 is 4.90 Å². The zero-order chi connectivity index (χ0) is 21.3. The minimum Gasteiger partial charge on any atom is -0.380 e. The van der Waals surface area contributed by atoms with Crippen molar-refractivity contribution in [2.75, 3.05) is 38.2 Å². The summed E-state index contributed by atoms with van der Waals surface area (Å²) in [5, 5.41) is 12.2. The molecule has 1 aliphatic heterocycles. The van der Waals surface area contributed by atoms with Crippen LogP contribution in [0.25, 0.3) is 10.1 Å². The van der Waals surface area contributed by atoms with Gasteiger partial charge in [-0.3, -0.25) is 14.9 Å². The summed E-state index contributed by atoms with van der Waals surface area (Å²) < 4.78 is 6.37. The SMILES string of the molecule is COCc1cc([N+](=O)[O-])ccc1N1CCN(C(=O)c2sc3ccccc3c2C)CC1. The number of hydrogen-bond donors (Lipinski definition) is 0. The molecule has 1 aromatic heterocycles. The highest BCUT2D eigenvalue weighted by molar-refractivity contribution is 7.21. The van der Waals surface area contributed by atoms with Crippen molar-refractivity contribution in [1.29, 1.82) is 0 Å². The third kappa shape index (κ3) is 3.76. The van der Waals surface area contributed by atoms with E-state index < -0.39 is 4.92 Å². The predicted octanol–water partition coefficient (Wildman–Crippen LogP) is 4.23. The molecule has 0 bridgehead atoms. The molecule has 0 unspecified atom stereocenters. The monoisotopic (exact) mass is 425 g/mol. The molecule has 30 heavy (non-hydrogen) atoms. The molecule has 4 rings (SSSR count). The lowest BCUT2D eigenvalue weighted by atomic mass is 10.1. The van der Waals surface area contributed by atoms with E-state index in [2.05, 4.69) is 11.0 Å². The fraction of sp³-hybridized carbons (Fsp3) is 0.318. The van der Waals surface area contributed by atoms with Crippen molar-refractivity contribution in [2.45, 2.75) is 13.5 Å². The quantitative estimate of drug-likeness (QED) is 0.452. The molecule has 0 atom stereocenters. The second-order valence-corrected chi connectivity index (χ2v) is 8.39. The third-order valence-corrected chi connectivity index (χ3v) is 6.78. The van der Waals surface area contributed by atoms with Crippen LogP contribution in [0.5, 0.6) is 0 Å². The molecule has 7 nitrogen and oxygen atoms in total. The van der Waals surface area contributed by atoms with E-state index in [1.165, 1.54) is 6.07 Å². The van der Waals surface area contributed by atoms with Crippen LogP contribution in [0.1, 0.15) is 20.8 Å². The highest BCUT2D eigenvalue weighted by atomic mass is 32.1. The fourth-order valence-electron chi connectivity index (χ4n) is 3.94. The largest absolute Gasteiger partial charge is 0.380 e. The molecule has 0 saturated carbocycles. The molecule has 2 heterocycles. The van der Waals surface area contributed by atoms with Gasteiger partial charge in [-0.1, -0.05) is 18.2 Å². The molecule has 0 spiro atoms. The number of piperazine rings is 1.